The number of rotatable bonds is 5. The zero-order chi connectivity index (χ0) is 18.0. The number of nitrogens with one attached hydrogen (secondary N) is 1. The first kappa shape index (κ1) is 17.1. The van der Waals surface area contributed by atoms with Crippen LogP contribution in [0.25, 0.3) is 10.9 Å². The maximum Gasteiger partial charge on any atom is 0.270 e. The number of halogens is 1. The molecule has 7 heteroatoms. The van der Waals surface area contributed by atoms with Gasteiger partial charge in [-0.3, -0.25) is 10.1 Å². The average molecular weight is 358 g/mol. The van der Waals surface area contributed by atoms with Gasteiger partial charge in [-0.1, -0.05) is 23.7 Å². The van der Waals surface area contributed by atoms with E-state index in [0.717, 1.165) is 0 Å². The van der Waals surface area contributed by atoms with E-state index >= 15 is 0 Å². The third-order valence-electron chi connectivity index (χ3n) is 3.94. The van der Waals surface area contributed by atoms with Crippen molar-refractivity contribution in [2.45, 2.75) is 12.5 Å². The highest BCUT2D eigenvalue weighted by atomic mass is 35.5. The van der Waals surface area contributed by atoms with Gasteiger partial charge in [0.25, 0.3) is 5.69 Å². The van der Waals surface area contributed by atoms with Gasteiger partial charge in [0.05, 0.1) is 10.4 Å². The molecule has 1 atom stereocenters. The lowest BCUT2D eigenvalue weighted by Crippen LogP contribution is -2.30. The Morgan fingerprint density at radius 3 is 2.76 bits per heavy atom. The fraction of sp³-hybridized carbons (Fsp3) is 0.167. The number of hydrogen-bond donors (Lipinski definition) is 2. The van der Waals surface area contributed by atoms with Gasteiger partial charge in [0.1, 0.15) is 11.4 Å². The van der Waals surface area contributed by atoms with E-state index in [1.807, 2.05) is 0 Å². The third-order valence-corrected chi connectivity index (χ3v) is 4.18. The number of nitrogens with zero attached hydrogens (tertiary/aromatic N) is 2. The fourth-order valence-corrected chi connectivity index (χ4v) is 2.70. The van der Waals surface area contributed by atoms with Crippen molar-refractivity contribution in [2.24, 2.45) is 0 Å². The van der Waals surface area contributed by atoms with Crippen LogP contribution in [0, 0.1) is 10.1 Å². The summed E-state index contributed by atoms with van der Waals surface area (Å²) in [6.45, 7) is 1.93. The van der Waals surface area contributed by atoms with E-state index in [0.29, 0.717) is 27.3 Å². The Labute approximate surface area is 149 Å². The molecule has 128 valence electrons. The normalized spacial score (nSPS) is 13.4. The molecule has 0 amide bonds. The van der Waals surface area contributed by atoms with Crippen molar-refractivity contribution in [1.82, 2.24) is 4.98 Å². The van der Waals surface area contributed by atoms with Gasteiger partial charge in [0.15, 0.2) is 0 Å². The first-order valence-electron chi connectivity index (χ1n) is 7.63. The number of fused-ring (bicyclic) bond motifs is 1. The van der Waals surface area contributed by atoms with E-state index < -0.39 is 10.5 Å². The van der Waals surface area contributed by atoms with E-state index in [2.05, 4.69) is 10.3 Å². The SMILES string of the molecule is CC(O)(CNc1ccc2cc([N+](=O)[O-])ccc2n1)c1cccc(Cl)c1. The molecule has 6 nitrogen and oxygen atoms in total. The highest BCUT2D eigenvalue weighted by Gasteiger charge is 2.23. The summed E-state index contributed by atoms with van der Waals surface area (Å²) in [5.41, 5.74) is 0.234. The maximum absolute atomic E-state index is 10.8. The molecule has 0 bridgehead atoms. The second kappa shape index (κ2) is 6.66. The van der Waals surface area contributed by atoms with Crippen molar-refractivity contribution in [1.29, 1.82) is 0 Å². The van der Waals surface area contributed by atoms with Crippen molar-refractivity contribution in [2.75, 3.05) is 11.9 Å². The lowest BCUT2D eigenvalue weighted by atomic mass is 9.96. The largest absolute Gasteiger partial charge is 0.384 e. The monoisotopic (exact) mass is 357 g/mol. The highest BCUT2D eigenvalue weighted by molar-refractivity contribution is 6.30. The molecule has 2 aromatic carbocycles. The lowest BCUT2D eigenvalue weighted by Gasteiger charge is -2.24. The summed E-state index contributed by atoms with van der Waals surface area (Å²) >= 11 is 5.98. The van der Waals surface area contributed by atoms with Crippen LogP contribution in [-0.2, 0) is 5.60 Å². The van der Waals surface area contributed by atoms with Gasteiger partial charge in [-0.25, -0.2) is 4.98 Å². The van der Waals surface area contributed by atoms with Gasteiger partial charge in [0, 0.05) is 29.1 Å². The molecular weight excluding hydrogens is 342 g/mol. The quantitative estimate of drug-likeness (QED) is 0.529. The van der Waals surface area contributed by atoms with Gasteiger partial charge < -0.3 is 10.4 Å². The molecule has 25 heavy (non-hydrogen) atoms. The predicted molar refractivity (Wildman–Crippen MR) is 97.9 cm³/mol. The van der Waals surface area contributed by atoms with E-state index in [9.17, 15) is 15.2 Å². The molecule has 1 heterocycles. The van der Waals surface area contributed by atoms with Crippen molar-refractivity contribution in [3.8, 4) is 0 Å². The molecule has 0 saturated heterocycles. The Morgan fingerprint density at radius 2 is 2.04 bits per heavy atom. The minimum absolute atomic E-state index is 0.0268. The Kier molecular flexibility index (Phi) is 4.57. The van der Waals surface area contributed by atoms with Crippen LogP contribution in [0.15, 0.2) is 54.6 Å². The molecule has 2 N–H and O–H groups in total. The maximum atomic E-state index is 10.8. The second-order valence-electron chi connectivity index (χ2n) is 5.97. The summed E-state index contributed by atoms with van der Waals surface area (Å²) in [6, 6.07) is 15.0. The predicted octanol–water partition coefficient (Wildman–Crippen LogP) is 4.12. The first-order chi connectivity index (χ1) is 11.8. The summed E-state index contributed by atoms with van der Waals surface area (Å²) in [5.74, 6) is 0.573. The molecule has 1 aromatic heterocycles. The molecule has 0 saturated carbocycles. The molecule has 0 fully saturated rings. The minimum atomic E-state index is -1.13. The molecule has 3 rings (SSSR count). The van der Waals surface area contributed by atoms with Crippen LogP contribution in [0.4, 0.5) is 11.5 Å². The highest BCUT2D eigenvalue weighted by Crippen LogP contribution is 2.25. The van der Waals surface area contributed by atoms with E-state index in [1.165, 1.54) is 12.1 Å². The Balaban J connectivity index is 1.78. The number of benzene rings is 2. The zero-order valence-corrected chi connectivity index (χ0v) is 14.2. The number of pyridine rings is 1. The second-order valence-corrected chi connectivity index (χ2v) is 6.40. The first-order valence-corrected chi connectivity index (χ1v) is 8.00. The van der Waals surface area contributed by atoms with Crippen LogP contribution in [0.2, 0.25) is 5.02 Å². The molecule has 0 spiro atoms. The summed E-state index contributed by atoms with van der Waals surface area (Å²) in [4.78, 5) is 14.8. The molecular formula is C18H16ClN3O3. The van der Waals surface area contributed by atoms with Crippen LogP contribution < -0.4 is 5.32 Å². The number of non-ortho nitro benzene ring substituents is 1. The van der Waals surface area contributed by atoms with Crippen LogP contribution in [0.5, 0.6) is 0 Å². The van der Waals surface area contributed by atoms with Crippen LogP contribution in [-0.4, -0.2) is 21.6 Å². The lowest BCUT2D eigenvalue weighted by molar-refractivity contribution is -0.384. The smallest absolute Gasteiger partial charge is 0.270 e. The Hall–Kier alpha value is -2.70. The number of nitro groups is 1. The van der Waals surface area contributed by atoms with Crippen molar-refractivity contribution < 1.29 is 10.0 Å². The molecule has 0 aliphatic heterocycles. The van der Waals surface area contributed by atoms with Crippen molar-refractivity contribution in [3.05, 3.63) is 75.3 Å². The summed E-state index contributed by atoms with van der Waals surface area (Å²) < 4.78 is 0. The number of anilines is 1. The fourth-order valence-electron chi connectivity index (χ4n) is 2.51. The Morgan fingerprint density at radius 1 is 1.24 bits per heavy atom. The van der Waals surface area contributed by atoms with Crippen molar-refractivity contribution >= 4 is 34.0 Å². The van der Waals surface area contributed by atoms with E-state index in [1.54, 1.807) is 49.4 Å². The molecule has 0 aliphatic rings. The van der Waals surface area contributed by atoms with Crippen LogP contribution in [0.3, 0.4) is 0 Å². The molecule has 3 aromatic rings. The van der Waals surface area contributed by atoms with Gasteiger partial charge in [-0.05, 0) is 42.8 Å². The third kappa shape index (κ3) is 3.87. The van der Waals surface area contributed by atoms with Crippen molar-refractivity contribution in [3.63, 3.8) is 0 Å². The molecule has 0 aliphatic carbocycles. The number of nitro benzene ring substituents is 1. The van der Waals surface area contributed by atoms with Gasteiger partial charge >= 0.3 is 0 Å². The average Bonchev–Trinajstić information content (AvgIpc) is 2.59. The van der Waals surface area contributed by atoms with Crippen LogP contribution >= 0.6 is 11.6 Å². The minimum Gasteiger partial charge on any atom is -0.384 e. The summed E-state index contributed by atoms with van der Waals surface area (Å²) in [7, 11) is 0. The van der Waals surface area contributed by atoms with Gasteiger partial charge in [-0.2, -0.15) is 0 Å². The zero-order valence-electron chi connectivity index (χ0n) is 13.4. The number of aromatic nitrogens is 1. The van der Waals surface area contributed by atoms with Gasteiger partial charge in [0.2, 0.25) is 0 Å². The van der Waals surface area contributed by atoms with E-state index in [-0.39, 0.29) is 12.2 Å². The number of aliphatic hydroxyl groups is 1. The van der Waals surface area contributed by atoms with Crippen LogP contribution in [0.1, 0.15) is 12.5 Å². The Bertz CT molecular complexity index is 944. The summed E-state index contributed by atoms with van der Waals surface area (Å²) in [6.07, 6.45) is 0. The molecule has 0 radical (unpaired) electrons. The topological polar surface area (TPSA) is 88.3 Å². The van der Waals surface area contributed by atoms with Gasteiger partial charge in [-0.15, -0.1) is 0 Å². The number of hydrogen-bond acceptors (Lipinski definition) is 5. The van der Waals surface area contributed by atoms with E-state index in [4.69, 9.17) is 11.6 Å². The molecule has 1 unspecified atom stereocenters. The summed E-state index contributed by atoms with van der Waals surface area (Å²) in [5, 5.41) is 25.8. The standard InChI is InChI=1S/C18H16ClN3O3/c1-18(23,13-3-2-4-14(19)10-13)11-20-17-8-5-12-9-15(22(24)25)6-7-16(12)21-17/h2-10,23H,11H2,1H3,(H,20,21).